The molecule has 0 atom stereocenters. The van der Waals surface area contributed by atoms with E-state index in [-0.39, 0.29) is 19.8 Å². The Morgan fingerprint density at radius 1 is 0.711 bits per heavy atom. The first-order chi connectivity index (χ1) is 18.3. The fourth-order valence-corrected chi connectivity index (χ4v) is 4.98. The Balaban J connectivity index is 0.000000297. The van der Waals surface area contributed by atoms with Crippen molar-refractivity contribution < 1.29 is 41.4 Å². The number of benzene rings is 2. The smallest absolute Gasteiger partial charge is 0.475 e. The van der Waals surface area contributed by atoms with E-state index in [4.69, 9.17) is 18.3 Å². The predicted molar refractivity (Wildman–Crippen MR) is 145 cm³/mol. The number of hydrogen-bond acceptors (Lipinski definition) is 10. The molecule has 216 valence electrons. The summed E-state index contributed by atoms with van der Waals surface area (Å²) in [4.78, 5) is 12.8. The Bertz CT molecular complexity index is 909. The lowest BCUT2D eigenvalue weighted by atomic mass is 10.2. The standard InChI is InChI=1S/C11H15NO.C11H17O4P.C4H11O4P/c1-2-4-11(5-3-1)10-12-6-8-13-9-7-12;1-3-13-16(12,14-4-2)15-10-11-8-6-5-7-9-11;1-3-7-9(5,6)8-4-2/h1-5H,6-10H2;5-9H,3-4,10H2,1-2H3;3-4H2,1-2H3,(H,5,6)/p-1. The Kier molecular flexibility index (Phi) is 18.7. The Morgan fingerprint density at radius 3 is 1.61 bits per heavy atom. The molecule has 10 nitrogen and oxygen atoms in total. The van der Waals surface area contributed by atoms with Gasteiger partial charge in [-0.25, -0.2) is 4.57 Å². The third-order valence-electron chi connectivity index (χ3n) is 4.73. The molecule has 1 heterocycles. The molecule has 0 saturated carbocycles. The van der Waals surface area contributed by atoms with Crippen LogP contribution in [-0.4, -0.2) is 57.6 Å². The van der Waals surface area contributed by atoms with Crippen LogP contribution in [0.3, 0.4) is 0 Å². The zero-order valence-electron chi connectivity index (χ0n) is 22.9. The van der Waals surface area contributed by atoms with E-state index in [0.29, 0.717) is 13.2 Å². The first kappa shape index (κ1) is 34.6. The molecule has 0 N–H and O–H groups in total. The summed E-state index contributed by atoms with van der Waals surface area (Å²) in [7, 11) is -7.33. The average Bonchev–Trinajstić information content (AvgIpc) is 2.90. The van der Waals surface area contributed by atoms with Gasteiger partial charge in [0, 0.05) is 19.6 Å². The first-order valence-corrected chi connectivity index (χ1v) is 15.7. The van der Waals surface area contributed by atoms with Crippen molar-refractivity contribution in [2.75, 3.05) is 52.7 Å². The number of phosphoric ester groups is 2. The van der Waals surface area contributed by atoms with Crippen molar-refractivity contribution >= 4 is 15.6 Å². The largest absolute Gasteiger partial charge is 0.756 e. The molecule has 1 aliphatic heterocycles. The second kappa shape index (κ2) is 20.5. The van der Waals surface area contributed by atoms with Crippen LogP contribution in [0, 0.1) is 0 Å². The van der Waals surface area contributed by atoms with Gasteiger partial charge in [0.05, 0.1) is 46.2 Å². The van der Waals surface area contributed by atoms with E-state index in [9.17, 15) is 14.0 Å². The van der Waals surface area contributed by atoms with E-state index < -0.39 is 15.6 Å². The van der Waals surface area contributed by atoms with Gasteiger partial charge in [-0.2, -0.15) is 0 Å². The molecule has 0 radical (unpaired) electrons. The molecule has 0 amide bonds. The molecular formula is C26H42NO9P2-. The number of hydrogen-bond donors (Lipinski definition) is 0. The van der Waals surface area contributed by atoms with Gasteiger partial charge in [0.2, 0.25) is 0 Å². The van der Waals surface area contributed by atoms with Crippen LogP contribution in [0.1, 0.15) is 38.8 Å². The maximum Gasteiger partial charge on any atom is 0.475 e. The van der Waals surface area contributed by atoms with Gasteiger partial charge in [-0.15, -0.1) is 0 Å². The molecule has 2 aromatic carbocycles. The van der Waals surface area contributed by atoms with Gasteiger partial charge in [-0.3, -0.25) is 23.0 Å². The van der Waals surface area contributed by atoms with Crippen LogP contribution in [0.2, 0.25) is 0 Å². The van der Waals surface area contributed by atoms with Crippen LogP contribution in [0.15, 0.2) is 60.7 Å². The summed E-state index contributed by atoms with van der Waals surface area (Å²) >= 11 is 0. The van der Waals surface area contributed by atoms with Gasteiger partial charge in [-0.1, -0.05) is 60.7 Å². The van der Waals surface area contributed by atoms with Gasteiger partial charge in [0.15, 0.2) is 0 Å². The van der Waals surface area contributed by atoms with Gasteiger partial charge < -0.3 is 18.7 Å². The zero-order chi connectivity index (χ0) is 28.1. The lowest BCUT2D eigenvalue weighted by Crippen LogP contribution is -2.35. The highest BCUT2D eigenvalue weighted by molar-refractivity contribution is 7.48. The summed E-state index contributed by atoms with van der Waals surface area (Å²) in [5.74, 6) is 0. The van der Waals surface area contributed by atoms with E-state index >= 15 is 0 Å². The van der Waals surface area contributed by atoms with Crippen molar-refractivity contribution in [2.24, 2.45) is 0 Å². The van der Waals surface area contributed by atoms with Crippen molar-refractivity contribution in [3.63, 3.8) is 0 Å². The molecule has 3 rings (SSSR count). The minimum atomic E-state index is -3.94. The van der Waals surface area contributed by atoms with Crippen LogP contribution in [0.4, 0.5) is 0 Å². The summed E-state index contributed by atoms with van der Waals surface area (Å²) in [5.41, 5.74) is 2.33. The minimum Gasteiger partial charge on any atom is -0.756 e. The maximum atomic E-state index is 11.9. The molecule has 38 heavy (non-hydrogen) atoms. The third kappa shape index (κ3) is 16.5. The minimum absolute atomic E-state index is 0.126. The van der Waals surface area contributed by atoms with Gasteiger partial charge in [0.25, 0.3) is 7.82 Å². The van der Waals surface area contributed by atoms with Crippen molar-refractivity contribution in [3.8, 4) is 0 Å². The first-order valence-electron chi connectivity index (χ1n) is 12.8. The summed E-state index contributed by atoms with van der Waals surface area (Å²) in [6.07, 6.45) is 0. The molecule has 1 saturated heterocycles. The lowest BCUT2D eigenvalue weighted by Gasteiger charge is -2.26. The number of ether oxygens (including phenoxy) is 1. The Morgan fingerprint density at radius 2 is 1.16 bits per heavy atom. The SMILES string of the molecule is CCOP(=O)(OCC)OCc1ccccc1.CCOP(=O)([O-])OCC.c1ccc(CN2CCOCC2)cc1. The van der Waals surface area contributed by atoms with E-state index in [1.165, 1.54) is 5.56 Å². The third-order valence-corrected chi connectivity index (χ3v) is 7.48. The fourth-order valence-electron chi connectivity index (χ4n) is 3.11. The Hall–Kier alpha value is -1.42. The summed E-state index contributed by atoms with van der Waals surface area (Å²) < 4.78 is 51.3. The van der Waals surface area contributed by atoms with Crippen LogP contribution < -0.4 is 4.89 Å². The Labute approximate surface area is 227 Å². The highest BCUT2D eigenvalue weighted by Crippen LogP contribution is 2.49. The lowest BCUT2D eigenvalue weighted by molar-refractivity contribution is -0.224. The highest BCUT2D eigenvalue weighted by Gasteiger charge is 2.25. The topological polar surface area (TPSA) is 116 Å². The molecular weight excluding hydrogens is 532 g/mol. The summed E-state index contributed by atoms with van der Waals surface area (Å²) in [6, 6.07) is 20.1. The molecule has 0 unspecified atom stereocenters. The zero-order valence-corrected chi connectivity index (χ0v) is 24.6. The number of rotatable bonds is 13. The van der Waals surface area contributed by atoms with Crippen molar-refractivity contribution in [1.29, 1.82) is 0 Å². The maximum absolute atomic E-state index is 11.9. The van der Waals surface area contributed by atoms with Crippen LogP contribution >= 0.6 is 15.6 Å². The second-order valence-corrected chi connectivity index (χ2v) is 10.8. The fraction of sp³-hybridized carbons (Fsp3) is 0.538. The second-order valence-electron chi connectivity index (χ2n) is 7.70. The number of nitrogens with zero attached hydrogens (tertiary/aromatic N) is 1. The van der Waals surface area contributed by atoms with Crippen molar-refractivity contribution in [1.82, 2.24) is 4.90 Å². The molecule has 0 aromatic heterocycles. The predicted octanol–water partition coefficient (Wildman–Crippen LogP) is 5.43. The highest BCUT2D eigenvalue weighted by atomic mass is 31.2. The quantitative estimate of drug-likeness (QED) is 0.287. The molecule has 1 aliphatic rings. The number of morpholine rings is 1. The normalized spacial score (nSPS) is 14.1. The van der Waals surface area contributed by atoms with Crippen LogP contribution in [0.25, 0.3) is 0 Å². The number of phosphoric acid groups is 2. The molecule has 0 aliphatic carbocycles. The summed E-state index contributed by atoms with van der Waals surface area (Å²) in [6.45, 7) is 12.7. The molecule has 12 heteroatoms. The van der Waals surface area contributed by atoms with E-state index in [0.717, 1.165) is 38.4 Å². The van der Waals surface area contributed by atoms with Crippen molar-refractivity contribution in [3.05, 3.63) is 71.8 Å². The molecule has 0 spiro atoms. The van der Waals surface area contributed by atoms with Crippen LogP contribution in [-0.2, 0) is 49.6 Å². The van der Waals surface area contributed by atoms with E-state index in [1.807, 2.05) is 30.3 Å². The monoisotopic (exact) mass is 574 g/mol. The van der Waals surface area contributed by atoms with E-state index in [1.54, 1.807) is 27.7 Å². The van der Waals surface area contributed by atoms with Gasteiger partial charge in [0.1, 0.15) is 0 Å². The van der Waals surface area contributed by atoms with Gasteiger partial charge in [-0.05, 0) is 38.8 Å². The van der Waals surface area contributed by atoms with E-state index in [2.05, 4.69) is 44.3 Å². The van der Waals surface area contributed by atoms with Crippen molar-refractivity contribution in [2.45, 2.75) is 40.8 Å². The summed E-state index contributed by atoms with van der Waals surface area (Å²) in [5, 5.41) is 0. The molecule has 1 fully saturated rings. The average molecular weight is 575 g/mol. The molecule has 2 aromatic rings. The van der Waals surface area contributed by atoms with Crippen LogP contribution in [0.5, 0.6) is 0 Å². The molecule has 0 bridgehead atoms. The van der Waals surface area contributed by atoms with Gasteiger partial charge >= 0.3 is 7.82 Å².